The molecular weight excluding hydrogens is 266 g/mol. The first kappa shape index (κ1) is 12.5. The van der Waals surface area contributed by atoms with E-state index in [1.54, 1.807) is 4.90 Å². The number of fused-ring (bicyclic) bond motifs is 1. The molecule has 19 heavy (non-hydrogen) atoms. The molecule has 1 aliphatic heterocycles. The van der Waals surface area contributed by atoms with E-state index in [1.807, 2.05) is 0 Å². The van der Waals surface area contributed by atoms with Crippen LogP contribution in [0.4, 0.5) is 0 Å². The van der Waals surface area contributed by atoms with E-state index in [1.165, 1.54) is 6.20 Å². The van der Waals surface area contributed by atoms with Gasteiger partial charge in [0.05, 0.1) is 17.9 Å². The van der Waals surface area contributed by atoms with Crippen LogP contribution in [0.2, 0.25) is 0 Å². The minimum absolute atomic E-state index is 0.0593. The Kier molecular flexibility index (Phi) is 3.22. The van der Waals surface area contributed by atoms with Crippen LogP contribution in [-0.4, -0.2) is 42.7 Å². The van der Waals surface area contributed by atoms with Crippen molar-refractivity contribution in [1.82, 2.24) is 13.6 Å². The van der Waals surface area contributed by atoms with Crippen LogP contribution in [0, 0.1) is 5.92 Å². The summed E-state index contributed by atoms with van der Waals surface area (Å²) in [6, 6.07) is -0.647. The molecule has 0 unspecified atom stereocenters. The van der Waals surface area contributed by atoms with Crippen LogP contribution in [0.3, 0.4) is 0 Å². The molecule has 3 atom stereocenters. The number of aromatic nitrogens is 2. The third kappa shape index (κ3) is 2.11. The van der Waals surface area contributed by atoms with E-state index in [-0.39, 0.29) is 17.6 Å². The third-order valence-corrected chi connectivity index (χ3v) is 4.67. The van der Waals surface area contributed by atoms with Crippen molar-refractivity contribution in [1.29, 1.82) is 0 Å². The van der Waals surface area contributed by atoms with Gasteiger partial charge in [0.1, 0.15) is 6.04 Å². The molecule has 0 bridgehead atoms. The Morgan fingerprint density at radius 2 is 2.16 bits per heavy atom. The molecule has 1 amide bonds. The highest BCUT2D eigenvalue weighted by Gasteiger charge is 2.48. The highest BCUT2D eigenvalue weighted by molar-refractivity contribution is 6.99. The van der Waals surface area contributed by atoms with Gasteiger partial charge in [-0.3, -0.25) is 4.79 Å². The lowest BCUT2D eigenvalue weighted by molar-refractivity contribution is -0.141. The molecular formula is C12H15N3O3S. The number of carboxylic acid groups (broad SMARTS) is 1. The predicted molar refractivity (Wildman–Crippen MR) is 67.9 cm³/mol. The number of aliphatic carboxylic acids is 1. The zero-order valence-electron chi connectivity index (χ0n) is 10.4. The molecule has 2 heterocycles. The summed E-state index contributed by atoms with van der Waals surface area (Å²) in [4.78, 5) is 25.4. The van der Waals surface area contributed by atoms with Gasteiger partial charge in [-0.05, 0) is 25.2 Å². The summed E-state index contributed by atoms with van der Waals surface area (Å²) < 4.78 is 7.76. The minimum Gasteiger partial charge on any atom is -0.480 e. The number of nitrogens with zero attached hydrogens (tertiary/aromatic N) is 3. The highest BCUT2D eigenvalue weighted by atomic mass is 32.1. The summed E-state index contributed by atoms with van der Waals surface area (Å²) in [5.74, 6) is -0.869. The molecule has 1 saturated carbocycles. The quantitative estimate of drug-likeness (QED) is 0.885. The van der Waals surface area contributed by atoms with Gasteiger partial charge in [0.2, 0.25) is 0 Å². The van der Waals surface area contributed by atoms with Crippen LogP contribution in [0.25, 0.3) is 0 Å². The van der Waals surface area contributed by atoms with Crippen molar-refractivity contribution in [3.63, 3.8) is 0 Å². The van der Waals surface area contributed by atoms with Gasteiger partial charge in [-0.15, -0.1) is 0 Å². The zero-order valence-corrected chi connectivity index (χ0v) is 11.2. The normalized spacial score (nSPS) is 30.1. The number of carboxylic acids is 1. The molecule has 0 spiro atoms. The Labute approximate surface area is 114 Å². The molecule has 2 fully saturated rings. The molecule has 0 aromatic carbocycles. The second kappa shape index (κ2) is 4.88. The van der Waals surface area contributed by atoms with Crippen molar-refractivity contribution in [3.8, 4) is 0 Å². The van der Waals surface area contributed by atoms with Crippen LogP contribution in [0.15, 0.2) is 6.20 Å². The fourth-order valence-electron chi connectivity index (χ4n) is 3.36. The lowest BCUT2D eigenvalue weighted by atomic mass is 9.84. The first-order chi connectivity index (χ1) is 9.18. The van der Waals surface area contributed by atoms with E-state index in [9.17, 15) is 14.7 Å². The molecule has 1 saturated heterocycles. The second-order valence-electron chi connectivity index (χ2n) is 5.21. The van der Waals surface area contributed by atoms with Crippen molar-refractivity contribution < 1.29 is 14.7 Å². The van der Waals surface area contributed by atoms with Crippen molar-refractivity contribution >= 4 is 23.6 Å². The lowest BCUT2D eigenvalue weighted by Gasteiger charge is -2.32. The predicted octanol–water partition coefficient (Wildman–Crippen LogP) is 1.40. The Balaban J connectivity index is 1.90. The Bertz CT molecular complexity index is 490. The van der Waals surface area contributed by atoms with Crippen molar-refractivity contribution in [3.05, 3.63) is 11.9 Å². The van der Waals surface area contributed by atoms with Gasteiger partial charge in [-0.2, -0.15) is 8.75 Å². The van der Waals surface area contributed by atoms with Gasteiger partial charge in [0.25, 0.3) is 5.91 Å². The summed E-state index contributed by atoms with van der Waals surface area (Å²) in [7, 11) is 0. The summed E-state index contributed by atoms with van der Waals surface area (Å²) in [5, 5.41) is 9.35. The van der Waals surface area contributed by atoms with Crippen molar-refractivity contribution in [2.75, 3.05) is 0 Å². The number of amides is 1. The van der Waals surface area contributed by atoms with E-state index in [0.717, 1.165) is 37.4 Å². The number of hydrogen-bond donors (Lipinski definition) is 1. The first-order valence-corrected chi connectivity index (χ1v) is 7.24. The maximum absolute atomic E-state index is 12.4. The van der Waals surface area contributed by atoms with Crippen LogP contribution in [0.1, 0.15) is 42.6 Å². The average molecular weight is 281 g/mol. The topological polar surface area (TPSA) is 83.4 Å². The Hall–Kier alpha value is -1.50. The Morgan fingerprint density at radius 3 is 2.84 bits per heavy atom. The van der Waals surface area contributed by atoms with Crippen LogP contribution >= 0.6 is 11.7 Å². The number of hydrogen-bond acceptors (Lipinski definition) is 5. The maximum Gasteiger partial charge on any atom is 0.326 e. The van der Waals surface area contributed by atoms with E-state index in [4.69, 9.17) is 0 Å². The van der Waals surface area contributed by atoms with Crippen LogP contribution in [0.5, 0.6) is 0 Å². The third-order valence-electron chi connectivity index (χ3n) is 4.19. The smallest absolute Gasteiger partial charge is 0.326 e. The summed E-state index contributed by atoms with van der Waals surface area (Å²) in [6.07, 6.45) is 6.11. The van der Waals surface area contributed by atoms with Crippen LogP contribution < -0.4 is 0 Å². The molecule has 1 aliphatic carbocycles. The van der Waals surface area contributed by atoms with Gasteiger partial charge in [-0.25, -0.2) is 4.79 Å². The molecule has 0 radical (unpaired) electrons. The molecule has 1 aromatic rings. The van der Waals surface area contributed by atoms with Gasteiger partial charge in [-0.1, -0.05) is 12.8 Å². The number of likely N-dealkylation sites (tertiary alicyclic amines) is 1. The molecule has 2 aliphatic rings. The summed E-state index contributed by atoms with van der Waals surface area (Å²) in [5.41, 5.74) is 0.266. The molecule has 102 valence electrons. The summed E-state index contributed by atoms with van der Waals surface area (Å²) in [6.45, 7) is 0. The van der Waals surface area contributed by atoms with E-state index in [2.05, 4.69) is 8.75 Å². The molecule has 6 nitrogen and oxygen atoms in total. The number of carbonyl (C=O) groups is 2. The zero-order chi connectivity index (χ0) is 13.4. The number of rotatable bonds is 2. The lowest BCUT2D eigenvalue weighted by Crippen LogP contribution is -2.46. The number of carbonyl (C=O) groups excluding carboxylic acids is 1. The molecule has 7 heteroatoms. The first-order valence-electron chi connectivity index (χ1n) is 6.51. The fourth-order valence-corrected chi connectivity index (χ4v) is 3.77. The Morgan fingerprint density at radius 1 is 1.37 bits per heavy atom. The molecule has 1 aromatic heterocycles. The average Bonchev–Trinajstić information content (AvgIpc) is 3.05. The maximum atomic E-state index is 12.4. The standard InChI is InChI=1S/C12H15N3O3S/c16-11(8-6-13-19-14-8)15-9-4-2-1-3-7(9)5-10(15)12(17)18/h6-7,9-10H,1-5H2,(H,17,18)/t7-,9+,10+/m1/s1. The summed E-state index contributed by atoms with van der Waals surface area (Å²) >= 11 is 0.971. The fraction of sp³-hybridized carbons (Fsp3) is 0.667. The van der Waals surface area contributed by atoms with Crippen molar-refractivity contribution in [2.45, 2.75) is 44.2 Å². The van der Waals surface area contributed by atoms with Gasteiger partial charge >= 0.3 is 5.97 Å². The highest BCUT2D eigenvalue weighted by Crippen LogP contribution is 2.40. The SMILES string of the molecule is O=C(O)[C@@H]1C[C@H]2CCCC[C@@H]2N1C(=O)c1cnsn1. The largest absolute Gasteiger partial charge is 0.480 e. The van der Waals surface area contributed by atoms with E-state index in [0.29, 0.717) is 12.3 Å². The van der Waals surface area contributed by atoms with Gasteiger partial charge < -0.3 is 10.0 Å². The molecule has 3 rings (SSSR count). The van der Waals surface area contributed by atoms with Crippen LogP contribution in [-0.2, 0) is 4.79 Å². The van der Waals surface area contributed by atoms with Crippen molar-refractivity contribution in [2.24, 2.45) is 5.92 Å². The van der Waals surface area contributed by atoms with E-state index < -0.39 is 12.0 Å². The van der Waals surface area contributed by atoms with E-state index >= 15 is 0 Å². The van der Waals surface area contributed by atoms with Gasteiger partial charge in [0.15, 0.2) is 5.69 Å². The monoisotopic (exact) mass is 281 g/mol. The van der Waals surface area contributed by atoms with Gasteiger partial charge in [0, 0.05) is 6.04 Å². The second-order valence-corrected chi connectivity index (χ2v) is 5.76. The minimum atomic E-state index is -0.911. The molecule has 1 N–H and O–H groups in total.